The first-order valence-electron chi connectivity index (χ1n) is 8.03. The van der Waals surface area contributed by atoms with Crippen molar-refractivity contribution < 1.29 is 27.4 Å². The van der Waals surface area contributed by atoms with E-state index in [2.05, 4.69) is 4.99 Å². The van der Waals surface area contributed by atoms with Gasteiger partial charge in [0, 0.05) is 0 Å². The second-order valence-corrected chi connectivity index (χ2v) is 7.71. The number of aliphatic imine (C=N–C) groups is 1. The standard InChI is InChI=1S/C19H16F3NO3Se/c1-25-18(19(20,21)22,14-10-6-3-7-11-14)16(24)27-17-23-15(12-26-17)13-8-4-2-5-9-13/h2-11,15H,12H2,1H3/t15-,18+/m0/s1. The number of carbonyl (C=O) groups is 1. The van der Waals surface area contributed by atoms with E-state index >= 15 is 0 Å². The number of methoxy groups -OCH3 is 1. The monoisotopic (exact) mass is 443 g/mol. The minimum absolute atomic E-state index is 0.0444. The summed E-state index contributed by atoms with van der Waals surface area (Å²) >= 11 is -1.29. The van der Waals surface area contributed by atoms with Gasteiger partial charge in [-0.2, -0.15) is 0 Å². The molecule has 2 aromatic carbocycles. The van der Waals surface area contributed by atoms with Crippen molar-refractivity contribution in [3.05, 3.63) is 71.8 Å². The van der Waals surface area contributed by atoms with E-state index in [1.807, 2.05) is 30.3 Å². The van der Waals surface area contributed by atoms with Crippen LogP contribution >= 0.6 is 0 Å². The molecule has 3 rings (SSSR count). The van der Waals surface area contributed by atoms with Gasteiger partial charge in [-0.05, 0) is 0 Å². The van der Waals surface area contributed by atoms with Gasteiger partial charge in [-0.1, -0.05) is 0 Å². The second kappa shape index (κ2) is 7.84. The van der Waals surface area contributed by atoms with E-state index in [0.717, 1.165) is 12.7 Å². The molecule has 0 fully saturated rings. The normalized spacial score (nSPS) is 19.1. The quantitative estimate of drug-likeness (QED) is 0.645. The van der Waals surface area contributed by atoms with Gasteiger partial charge in [0.05, 0.1) is 0 Å². The van der Waals surface area contributed by atoms with E-state index in [1.54, 1.807) is 6.07 Å². The third kappa shape index (κ3) is 3.78. The van der Waals surface area contributed by atoms with Crippen molar-refractivity contribution in [2.75, 3.05) is 13.7 Å². The molecule has 2 aromatic rings. The summed E-state index contributed by atoms with van der Waals surface area (Å²) in [4.78, 5) is 17.1. The minimum atomic E-state index is -4.92. The summed E-state index contributed by atoms with van der Waals surface area (Å²) in [6.45, 7) is 0.200. The van der Waals surface area contributed by atoms with Gasteiger partial charge >= 0.3 is 160 Å². The molecule has 2 atom stereocenters. The molecule has 1 aliphatic rings. The Balaban J connectivity index is 1.88. The molecule has 0 N–H and O–H groups in total. The van der Waals surface area contributed by atoms with Gasteiger partial charge in [0.25, 0.3) is 0 Å². The van der Waals surface area contributed by atoms with Crippen molar-refractivity contribution in [2.45, 2.75) is 17.8 Å². The van der Waals surface area contributed by atoms with Crippen molar-refractivity contribution in [1.29, 1.82) is 0 Å². The zero-order chi connectivity index (χ0) is 19.5. The Morgan fingerprint density at radius 1 is 1.11 bits per heavy atom. The van der Waals surface area contributed by atoms with Gasteiger partial charge in [0.2, 0.25) is 0 Å². The second-order valence-electron chi connectivity index (χ2n) is 5.77. The molecule has 0 unspecified atom stereocenters. The predicted octanol–water partition coefficient (Wildman–Crippen LogP) is 3.45. The molecule has 0 saturated carbocycles. The van der Waals surface area contributed by atoms with E-state index in [4.69, 9.17) is 9.47 Å². The topological polar surface area (TPSA) is 47.9 Å². The van der Waals surface area contributed by atoms with Crippen LogP contribution in [-0.2, 0) is 19.9 Å². The summed E-state index contributed by atoms with van der Waals surface area (Å²) in [5, 5.41) is 0. The Morgan fingerprint density at radius 3 is 2.26 bits per heavy atom. The summed E-state index contributed by atoms with van der Waals surface area (Å²) in [7, 11) is 0.887. The molecule has 27 heavy (non-hydrogen) atoms. The van der Waals surface area contributed by atoms with Crippen LogP contribution in [-0.4, -0.2) is 44.3 Å². The average molecular weight is 442 g/mol. The van der Waals surface area contributed by atoms with Gasteiger partial charge in [-0.3, -0.25) is 0 Å². The summed E-state index contributed by atoms with van der Waals surface area (Å²) in [5.41, 5.74) is -2.41. The van der Waals surface area contributed by atoms with E-state index in [0.29, 0.717) is 0 Å². The third-order valence-electron chi connectivity index (χ3n) is 4.16. The predicted molar refractivity (Wildman–Crippen MR) is 94.5 cm³/mol. The number of halogens is 3. The molecule has 0 radical (unpaired) electrons. The molecule has 0 aromatic heterocycles. The number of rotatable bonds is 6. The maximum atomic E-state index is 13.9. The van der Waals surface area contributed by atoms with Crippen LogP contribution in [0.5, 0.6) is 0 Å². The Bertz CT molecular complexity index is 827. The number of benzene rings is 2. The molecular formula is C19H16F3NO3Se. The summed E-state index contributed by atoms with van der Waals surface area (Å²) in [6.07, 6.45) is -4.92. The van der Waals surface area contributed by atoms with Gasteiger partial charge in [0.15, 0.2) is 0 Å². The zero-order valence-corrected chi connectivity index (χ0v) is 16.0. The summed E-state index contributed by atoms with van der Waals surface area (Å²) in [6, 6.07) is 15.8. The molecule has 8 heteroatoms. The van der Waals surface area contributed by atoms with Crippen LogP contribution in [0.2, 0.25) is 0 Å². The molecule has 1 aliphatic heterocycles. The summed E-state index contributed by atoms with van der Waals surface area (Å²) < 4.78 is 50.8. The maximum absolute atomic E-state index is 13.9. The number of carbonyl (C=O) groups excluding carboxylic acids is 1. The SMILES string of the molecule is CO[C@@](C(=O)[Se]C1=N[C@H](c2ccccc2)CO1)(c1ccccc1)C(F)(F)F. The van der Waals surface area contributed by atoms with Gasteiger partial charge < -0.3 is 0 Å². The van der Waals surface area contributed by atoms with Crippen molar-refractivity contribution in [3.63, 3.8) is 0 Å². The van der Waals surface area contributed by atoms with Crippen LogP contribution in [0.25, 0.3) is 0 Å². The molecule has 0 amide bonds. The van der Waals surface area contributed by atoms with E-state index in [1.165, 1.54) is 24.3 Å². The van der Waals surface area contributed by atoms with Crippen molar-refractivity contribution >= 4 is 24.4 Å². The van der Waals surface area contributed by atoms with E-state index < -0.39 is 31.4 Å². The van der Waals surface area contributed by atoms with Crippen molar-refractivity contribution in [1.82, 2.24) is 0 Å². The van der Waals surface area contributed by atoms with E-state index in [9.17, 15) is 18.0 Å². The van der Waals surface area contributed by atoms with Gasteiger partial charge in [-0.25, -0.2) is 0 Å². The summed E-state index contributed by atoms with van der Waals surface area (Å²) in [5.74, 6) is 0. The molecule has 1 heterocycles. The van der Waals surface area contributed by atoms with E-state index in [-0.39, 0.29) is 23.0 Å². The van der Waals surface area contributed by atoms with Crippen LogP contribution in [0.4, 0.5) is 13.2 Å². The molecule has 0 saturated heterocycles. The fourth-order valence-corrected chi connectivity index (χ4v) is 4.74. The zero-order valence-electron chi connectivity index (χ0n) is 14.3. The Morgan fingerprint density at radius 2 is 1.70 bits per heavy atom. The Kier molecular flexibility index (Phi) is 5.69. The first-order chi connectivity index (χ1) is 12.9. The molecule has 4 nitrogen and oxygen atoms in total. The molecule has 0 spiro atoms. The van der Waals surface area contributed by atoms with Gasteiger partial charge in [0.1, 0.15) is 0 Å². The first kappa shape index (κ1) is 19.6. The Hall–Kier alpha value is -2.15. The third-order valence-corrected chi connectivity index (χ3v) is 5.99. The van der Waals surface area contributed by atoms with Crippen LogP contribution in [0.1, 0.15) is 17.2 Å². The molecule has 0 aliphatic carbocycles. The fraction of sp³-hybridized carbons (Fsp3) is 0.263. The van der Waals surface area contributed by atoms with Crippen molar-refractivity contribution in [2.24, 2.45) is 4.99 Å². The van der Waals surface area contributed by atoms with Crippen molar-refractivity contribution in [3.8, 4) is 0 Å². The number of nitrogens with zero attached hydrogens (tertiary/aromatic N) is 1. The number of alkyl halides is 3. The first-order valence-corrected chi connectivity index (χ1v) is 9.75. The number of ether oxygens (including phenoxy) is 2. The van der Waals surface area contributed by atoms with Crippen LogP contribution in [0.3, 0.4) is 0 Å². The fourth-order valence-electron chi connectivity index (χ4n) is 2.79. The van der Waals surface area contributed by atoms with Crippen LogP contribution in [0.15, 0.2) is 65.7 Å². The Labute approximate surface area is 160 Å². The average Bonchev–Trinajstić information content (AvgIpc) is 3.12. The van der Waals surface area contributed by atoms with Crippen LogP contribution < -0.4 is 0 Å². The molecule has 0 bridgehead atoms. The number of hydrogen-bond donors (Lipinski definition) is 0. The molecule has 142 valence electrons. The number of hydrogen-bond acceptors (Lipinski definition) is 4. The molecular weight excluding hydrogens is 426 g/mol. The van der Waals surface area contributed by atoms with Crippen LogP contribution in [0, 0.1) is 0 Å². The van der Waals surface area contributed by atoms with Gasteiger partial charge in [-0.15, -0.1) is 0 Å².